The first-order chi connectivity index (χ1) is 10.9. The van der Waals surface area contributed by atoms with E-state index < -0.39 is 35.3 Å². The van der Waals surface area contributed by atoms with Crippen molar-refractivity contribution in [3.8, 4) is 0 Å². The van der Waals surface area contributed by atoms with Gasteiger partial charge in [0.2, 0.25) is 0 Å². The van der Waals surface area contributed by atoms with Gasteiger partial charge in [0.15, 0.2) is 6.10 Å². The monoisotopic (exact) mass is 339 g/mol. The summed E-state index contributed by atoms with van der Waals surface area (Å²) in [6.45, 7) is 1.29. The SMILES string of the molecule is CC(OC(=O)c1ccc(Cl)cc1)C(=O)Nc1c(F)cccc1F. The van der Waals surface area contributed by atoms with E-state index in [1.807, 2.05) is 0 Å². The number of amides is 1. The fourth-order valence-electron chi connectivity index (χ4n) is 1.71. The maximum atomic E-state index is 13.5. The third-order valence-electron chi connectivity index (χ3n) is 2.94. The average Bonchev–Trinajstić information content (AvgIpc) is 2.51. The highest BCUT2D eigenvalue weighted by atomic mass is 35.5. The zero-order valence-electron chi connectivity index (χ0n) is 12.0. The molecule has 0 heterocycles. The van der Waals surface area contributed by atoms with E-state index in [0.29, 0.717) is 5.02 Å². The molecule has 0 aliphatic heterocycles. The summed E-state index contributed by atoms with van der Waals surface area (Å²) in [5.74, 6) is -3.45. The molecule has 2 aromatic rings. The molecule has 120 valence electrons. The van der Waals surface area contributed by atoms with Crippen molar-refractivity contribution in [3.05, 3.63) is 64.7 Å². The molecule has 0 aromatic heterocycles. The molecule has 1 N–H and O–H groups in total. The minimum atomic E-state index is -1.24. The van der Waals surface area contributed by atoms with Crippen LogP contribution in [-0.4, -0.2) is 18.0 Å². The van der Waals surface area contributed by atoms with Gasteiger partial charge in [0.05, 0.1) is 5.56 Å². The number of anilines is 1. The molecule has 1 unspecified atom stereocenters. The Morgan fingerprint density at radius 1 is 1.09 bits per heavy atom. The van der Waals surface area contributed by atoms with Gasteiger partial charge in [-0.15, -0.1) is 0 Å². The summed E-state index contributed by atoms with van der Waals surface area (Å²) in [5.41, 5.74) is -0.391. The first-order valence-electron chi connectivity index (χ1n) is 6.60. The van der Waals surface area contributed by atoms with Crippen molar-refractivity contribution >= 4 is 29.2 Å². The van der Waals surface area contributed by atoms with Crippen molar-refractivity contribution < 1.29 is 23.1 Å². The van der Waals surface area contributed by atoms with E-state index >= 15 is 0 Å². The molecule has 0 saturated heterocycles. The molecule has 2 rings (SSSR count). The van der Waals surface area contributed by atoms with Gasteiger partial charge in [0.25, 0.3) is 5.91 Å². The van der Waals surface area contributed by atoms with Gasteiger partial charge >= 0.3 is 5.97 Å². The molecule has 0 fully saturated rings. The number of halogens is 3. The lowest BCUT2D eigenvalue weighted by Crippen LogP contribution is -2.30. The third-order valence-corrected chi connectivity index (χ3v) is 3.20. The van der Waals surface area contributed by atoms with Crippen LogP contribution in [-0.2, 0) is 9.53 Å². The summed E-state index contributed by atoms with van der Waals surface area (Å²) in [4.78, 5) is 23.8. The molecule has 7 heteroatoms. The van der Waals surface area contributed by atoms with E-state index in [2.05, 4.69) is 5.32 Å². The van der Waals surface area contributed by atoms with Crippen LogP contribution in [0, 0.1) is 11.6 Å². The lowest BCUT2D eigenvalue weighted by atomic mass is 10.2. The van der Waals surface area contributed by atoms with Crippen LogP contribution >= 0.6 is 11.6 Å². The molecule has 4 nitrogen and oxygen atoms in total. The summed E-state index contributed by atoms with van der Waals surface area (Å²) in [6, 6.07) is 9.04. The number of carbonyl (C=O) groups is 2. The van der Waals surface area contributed by atoms with Crippen molar-refractivity contribution in [1.29, 1.82) is 0 Å². The second kappa shape index (κ2) is 7.19. The van der Waals surface area contributed by atoms with E-state index in [-0.39, 0.29) is 5.56 Å². The maximum Gasteiger partial charge on any atom is 0.338 e. The lowest BCUT2D eigenvalue weighted by Gasteiger charge is -2.14. The smallest absolute Gasteiger partial charge is 0.338 e. The molecule has 1 atom stereocenters. The van der Waals surface area contributed by atoms with E-state index in [1.54, 1.807) is 0 Å². The first kappa shape index (κ1) is 16.9. The molecule has 23 heavy (non-hydrogen) atoms. The zero-order chi connectivity index (χ0) is 17.0. The Balaban J connectivity index is 2.02. The number of esters is 1. The molecule has 0 aliphatic carbocycles. The van der Waals surface area contributed by atoms with Crippen LogP contribution in [0.2, 0.25) is 5.02 Å². The Bertz CT molecular complexity index is 714. The summed E-state index contributed by atoms with van der Waals surface area (Å²) in [7, 11) is 0. The van der Waals surface area contributed by atoms with Gasteiger partial charge in [0.1, 0.15) is 17.3 Å². The van der Waals surface area contributed by atoms with Crippen molar-refractivity contribution in [3.63, 3.8) is 0 Å². The van der Waals surface area contributed by atoms with Gasteiger partial charge < -0.3 is 10.1 Å². The van der Waals surface area contributed by atoms with E-state index in [1.165, 1.54) is 37.3 Å². The van der Waals surface area contributed by atoms with Crippen molar-refractivity contribution in [1.82, 2.24) is 0 Å². The van der Waals surface area contributed by atoms with E-state index in [4.69, 9.17) is 16.3 Å². The Morgan fingerprint density at radius 3 is 2.22 bits per heavy atom. The van der Waals surface area contributed by atoms with Gasteiger partial charge in [-0.3, -0.25) is 4.79 Å². The molecule has 0 saturated carbocycles. The van der Waals surface area contributed by atoms with Crippen LogP contribution in [0.5, 0.6) is 0 Å². The number of hydrogen-bond acceptors (Lipinski definition) is 3. The standard InChI is InChI=1S/C16H12ClF2NO3/c1-9(23-16(22)10-5-7-11(17)8-6-10)15(21)20-14-12(18)3-2-4-13(14)19/h2-9H,1H3,(H,20,21). The molecular weight excluding hydrogens is 328 g/mol. The number of ether oxygens (including phenoxy) is 1. The maximum absolute atomic E-state index is 13.5. The highest BCUT2D eigenvalue weighted by Gasteiger charge is 2.21. The van der Waals surface area contributed by atoms with Gasteiger partial charge in [-0.1, -0.05) is 17.7 Å². The highest BCUT2D eigenvalue weighted by Crippen LogP contribution is 2.18. The minimum Gasteiger partial charge on any atom is -0.449 e. The Morgan fingerprint density at radius 2 is 1.65 bits per heavy atom. The van der Waals surface area contributed by atoms with Crippen LogP contribution in [0.4, 0.5) is 14.5 Å². The van der Waals surface area contributed by atoms with Gasteiger partial charge in [-0.2, -0.15) is 0 Å². The number of nitrogens with one attached hydrogen (secondary N) is 1. The van der Waals surface area contributed by atoms with Crippen LogP contribution in [0.3, 0.4) is 0 Å². The fraction of sp³-hybridized carbons (Fsp3) is 0.125. The second-order valence-corrected chi connectivity index (χ2v) is 5.08. The van der Waals surface area contributed by atoms with Crippen LogP contribution in [0.15, 0.2) is 42.5 Å². The molecule has 1 amide bonds. The van der Waals surface area contributed by atoms with E-state index in [0.717, 1.165) is 12.1 Å². The van der Waals surface area contributed by atoms with Gasteiger partial charge in [-0.25, -0.2) is 13.6 Å². The normalized spacial score (nSPS) is 11.7. The summed E-state index contributed by atoms with van der Waals surface area (Å²) >= 11 is 5.71. The van der Waals surface area contributed by atoms with Crippen molar-refractivity contribution in [2.45, 2.75) is 13.0 Å². The van der Waals surface area contributed by atoms with Crippen LogP contribution in [0.1, 0.15) is 17.3 Å². The molecule has 0 aliphatic rings. The lowest BCUT2D eigenvalue weighted by molar-refractivity contribution is -0.123. The molecule has 0 spiro atoms. The molecule has 0 radical (unpaired) electrons. The average molecular weight is 340 g/mol. The predicted octanol–water partition coefficient (Wildman–Crippen LogP) is 3.80. The van der Waals surface area contributed by atoms with Crippen LogP contribution in [0.25, 0.3) is 0 Å². The van der Waals surface area contributed by atoms with Crippen LogP contribution < -0.4 is 5.32 Å². The summed E-state index contributed by atoms with van der Waals surface area (Å²) in [6.07, 6.45) is -1.24. The van der Waals surface area contributed by atoms with Gasteiger partial charge in [-0.05, 0) is 43.3 Å². The number of hydrogen-bond donors (Lipinski definition) is 1. The van der Waals surface area contributed by atoms with Gasteiger partial charge in [0, 0.05) is 5.02 Å². The summed E-state index contributed by atoms with van der Waals surface area (Å²) < 4.78 is 31.9. The van der Waals surface area contributed by atoms with Crippen molar-refractivity contribution in [2.75, 3.05) is 5.32 Å². The zero-order valence-corrected chi connectivity index (χ0v) is 12.7. The largest absolute Gasteiger partial charge is 0.449 e. The second-order valence-electron chi connectivity index (χ2n) is 4.64. The quantitative estimate of drug-likeness (QED) is 0.862. The highest BCUT2D eigenvalue weighted by molar-refractivity contribution is 6.30. The fourth-order valence-corrected chi connectivity index (χ4v) is 1.84. The molecule has 0 bridgehead atoms. The topological polar surface area (TPSA) is 55.4 Å². The van der Waals surface area contributed by atoms with Crippen molar-refractivity contribution in [2.24, 2.45) is 0 Å². The number of para-hydroxylation sites is 1. The molecule has 2 aromatic carbocycles. The Labute approximate surface area is 136 Å². The Hall–Kier alpha value is -2.47. The summed E-state index contributed by atoms with van der Waals surface area (Å²) in [5, 5.41) is 2.50. The molecular formula is C16H12ClF2NO3. The number of benzene rings is 2. The minimum absolute atomic E-state index is 0.200. The van der Waals surface area contributed by atoms with E-state index in [9.17, 15) is 18.4 Å². The predicted molar refractivity (Wildman–Crippen MR) is 81.3 cm³/mol. The first-order valence-corrected chi connectivity index (χ1v) is 6.97. The number of rotatable bonds is 4. The third kappa shape index (κ3) is 4.26. The Kier molecular flexibility index (Phi) is 5.28. The number of carbonyl (C=O) groups excluding carboxylic acids is 2.